The monoisotopic (exact) mass is 156 g/mol. The second kappa shape index (κ2) is 3.47. The lowest BCUT2D eigenvalue weighted by atomic mass is 10.3. The normalized spacial score (nSPS) is 12.0. The second-order valence-corrected chi connectivity index (χ2v) is 2.41. The lowest BCUT2D eigenvalue weighted by Gasteiger charge is -1.89. The van der Waals surface area contributed by atoms with E-state index in [1.807, 2.05) is 25.1 Å². The van der Waals surface area contributed by atoms with Gasteiger partial charge in [-0.3, -0.25) is 0 Å². The molecule has 0 aromatic carbocycles. The molecule has 54 valence electrons. The van der Waals surface area contributed by atoms with Gasteiger partial charge in [0.2, 0.25) is 0 Å². The number of alkyl halides is 1. The molecule has 1 aromatic rings. The number of allylic oxidation sites excluding steroid dienone is 1. The van der Waals surface area contributed by atoms with Crippen molar-refractivity contribution in [3.05, 3.63) is 29.7 Å². The quantitative estimate of drug-likeness (QED) is 0.601. The van der Waals surface area contributed by atoms with Crippen molar-refractivity contribution in [2.75, 3.05) is 5.88 Å². The van der Waals surface area contributed by atoms with Crippen LogP contribution < -0.4 is 0 Å². The van der Waals surface area contributed by atoms with Gasteiger partial charge in [0.1, 0.15) is 5.76 Å². The van der Waals surface area contributed by atoms with Gasteiger partial charge in [-0.2, -0.15) is 0 Å². The Morgan fingerprint density at radius 2 is 2.60 bits per heavy atom. The third-order valence-corrected chi connectivity index (χ3v) is 1.56. The first-order valence-electron chi connectivity index (χ1n) is 3.09. The van der Waals surface area contributed by atoms with Gasteiger partial charge in [-0.25, -0.2) is 0 Å². The molecule has 0 atom stereocenters. The lowest BCUT2D eigenvalue weighted by molar-refractivity contribution is 0.556. The Hall–Kier alpha value is -0.690. The number of halogens is 1. The number of hydrogen-bond donors (Lipinski definition) is 0. The Kier molecular flexibility index (Phi) is 2.57. The van der Waals surface area contributed by atoms with Gasteiger partial charge in [0, 0.05) is 5.88 Å². The van der Waals surface area contributed by atoms with Crippen LogP contribution in [-0.4, -0.2) is 5.88 Å². The summed E-state index contributed by atoms with van der Waals surface area (Å²) < 4.78 is 5.07. The molecule has 0 spiro atoms. The zero-order valence-electron chi connectivity index (χ0n) is 5.80. The molecule has 0 aliphatic carbocycles. The predicted octanol–water partition coefficient (Wildman–Crippen LogP) is 2.92. The number of hydrogen-bond acceptors (Lipinski definition) is 1. The van der Waals surface area contributed by atoms with E-state index in [-0.39, 0.29) is 0 Å². The van der Waals surface area contributed by atoms with Crippen LogP contribution >= 0.6 is 11.6 Å². The van der Waals surface area contributed by atoms with Crippen LogP contribution in [0.5, 0.6) is 0 Å². The van der Waals surface area contributed by atoms with Crippen molar-refractivity contribution >= 4 is 17.7 Å². The summed E-state index contributed by atoms with van der Waals surface area (Å²) in [6, 6.07) is 3.75. The highest BCUT2D eigenvalue weighted by Crippen LogP contribution is 2.07. The Balaban J connectivity index is 2.71. The van der Waals surface area contributed by atoms with Crippen molar-refractivity contribution in [2.24, 2.45) is 0 Å². The zero-order valence-corrected chi connectivity index (χ0v) is 6.56. The van der Waals surface area contributed by atoms with Crippen molar-refractivity contribution in [1.29, 1.82) is 0 Å². The van der Waals surface area contributed by atoms with E-state index in [0.717, 1.165) is 11.3 Å². The van der Waals surface area contributed by atoms with E-state index in [1.165, 1.54) is 0 Å². The van der Waals surface area contributed by atoms with Gasteiger partial charge in [-0.15, -0.1) is 11.6 Å². The fourth-order valence-corrected chi connectivity index (χ4v) is 0.732. The molecule has 1 aromatic heterocycles. The maximum Gasteiger partial charge on any atom is 0.126 e. The van der Waals surface area contributed by atoms with E-state index in [0.29, 0.717) is 5.88 Å². The summed E-state index contributed by atoms with van der Waals surface area (Å²) >= 11 is 5.56. The average molecular weight is 157 g/mol. The summed E-state index contributed by atoms with van der Waals surface area (Å²) in [5.74, 6) is 1.42. The maximum absolute atomic E-state index is 5.56. The van der Waals surface area contributed by atoms with E-state index < -0.39 is 0 Å². The van der Waals surface area contributed by atoms with Crippen LogP contribution in [0.1, 0.15) is 12.7 Å². The minimum Gasteiger partial charge on any atom is -0.465 e. The molecule has 10 heavy (non-hydrogen) atoms. The van der Waals surface area contributed by atoms with E-state index >= 15 is 0 Å². The first-order chi connectivity index (χ1) is 4.83. The highest BCUT2D eigenvalue weighted by Gasteiger charge is 1.89. The van der Waals surface area contributed by atoms with Gasteiger partial charge < -0.3 is 4.42 Å². The predicted molar refractivity (Wildman–Crippen MR) is 43.1 cm³/mol. The van der Waals surface area contributed by atoms with Crippen molar-refractivity contribution in [1.82, 2.24) is 0 Å². The maximum atomic E-state index is 5.56. The van der Waals surface area contributed by atoms with Crippen molar-refractivity contribution in [3.63, 3.8) is 0 Å². The number of rotatable bonds is 2. The Morgan fingerprint density at radius 3 is 3.10 bits per heavy atom. The second-order valence-electron chi connectivity index (χ2n) is 2.14. The highest BCUT2D eigenvalue weighted by atomic mass is 35.5. The molecule has 0 saturated heterocycles. The van der Waals surface area contributed by atoms with Crippen molar-refractivity contribution in [2.45, 2.75) is 6.92 Å². The average Bonchev–Trinajstić information content (AvgIpc) is 2.40. The molecule has 2 heteroatoms. The topological polar surface area (TPSA) is 13.1 Å². The third-order valence-electron chi connectivity index (χ3n) is 1.14. The molecule has 0 N–H and O–H groups in total. The molecule has 0 fully saturated rings. The largest absolute Gasteiger partial charge is 0.465 e. The van der Waals surface area contributed by atoms with E-state index in [2.05, 4.69) is 0 Å². The third kappa shape index (κ3) is 1.92. The minimum atomic E-state index is 0.556. The molecule has 0 radical (unpaired) electrons. The van der Waals surface area contributed by atoms with Crippen LogP contribution in [0.2, 0.25) is 0 Å². The molecule has 0 saturated carbocycles. The number of furan rings is 1. The molecule has 0 aliphatic heterocycles. The van der Waals surface area contributed by atoms with Crippen molar-refractivity contribution < 1.29 is 4.42 Å². The van der Waals surface area contributed by atoms with Crippen LogP contribution in [-0.2, 0) is 0 Å². The van der Waals surface area contributed by atoms with Gasteiger partial charge in [0.15, 0.2) is 0 Å². The summed E-state index contributed by atoms with van der Waals surface area (Å²) in [5, 5.41) is 0. The highest BCUT2D eigenvalue weighted by molar-refractivity contribution is 6.19. The smallest absolute Gasteiger partial charge is 0.126 e. The first kappa shape index (κ1) is 7.42. The SMILES string of the molecule is CC(=Cc1ccco1)CCl. The molecular weight excluding hydrogens is 148 g/mol. The molecule has 0 bridgehead atoms. The van der Waals surface area contributed by atoms with Crippen LogP contribution in [0, 0.1) is 0 Å². The summed E-state index contributed by atoms with van der Waals surface area (Å²) in [6.07, 6.45) is 3.57. The van der Waals surface area contributed by atoms with Crippen LogP contribution in [0.3, 0.4) is 0 Å². The van der Waals surface area contributed by atoms with Gasteiger partial charge in [-0.1, -0.05) is 5.57 Å². The van der Waals surface area contributed by atoms with Crippen LogP contribution in [0.4, 0.5) is 0 Å². The summed E-state index contributed by atoms with van der Waals surface area (Å²) in [5.41, 5.74) is 1.11. The van der Waals surface area contributed by atoms with Gasteiger partial charge >= 0.3 is 0 Å². The molecular formula is C8H9ClO. The molecule has 0 unspecified atom stereocenters. The molecule has 1 rings (SSSR count). The Morgan fingerprint density at radius 1 is 1.80 bits per heavy atom. The fourth-order valence-electron chi connectivity index (χ4n) is 0.655. The van der Waals surface area contributed by atoms with Crippen LogP contribution in [0.15, 0.2) is 28.4 Å². The first-order valence-corrected chi connectivity index (χ1v) is 3.63. The van der Waals surface area contributed by atoms with E-state index in [1.54, 1.807) is 6.26 Å². The Bertz CT molecular complexity index is 211. The summed E-state index contributed by atoms with van der Waals surface area (Å²) in [4.78, 5) is 0. The fraction of sp³-hybridized carbons (Fsp3) is 0.250. The summed E-state index contributed by atoms with van der Waals surface area (Å²) in [6.45, 7) is 1.97. The standard InChI is InChI=1S/C8H9ClO/c1-7(6-9)5-8-3-2-4-10-8/h2-5H,6H2,1H3. The molecule has 1 nitrogen and oxygen atoms in total. The van der Waals surface area contributed by atoms with Crippen molar-refractivity contribution in [3.8, 4) is 0 Å². The van der Waals surface area contributed by atoms with Crippen LogP contribution in [0.25, 0.3) is 6.08 Å². The zero-order chi connectivity index (χ0) is 7.40. The molecule has 0 amide bonds. The van der Waals surface area contributed by atoms with E-state index in [4.69, 9.17) is 16.0 Å². The molecule has 0 aliphatic rings. The lowest BCUT2D eigenvalue weighted by Crippen LogP contribution is -1.74. The van der Waals surface area contributed by atoms with Gasteiger partial charge in [0.05, 0.1) is 6.26 Å². The van der Waals surface area contributed by atoms with Gasteiger partial charge in [0.25, 0.3) is 0 Å². The Labute approximate surface area is 65.3 Å². The summed E-state index contributed by atoms with van der Waals surface area (Å²) in [7, 11) is 0. The molecule has 1 heterocycles. The van der Waals surface area contributed by atoms with E-state index in [9.17, 15) is 0 Å². The van der Waals surface area contributed by atoms with Gasteiger partial charge in [-0.05, 0) is 25.1 Å². The minimum absolute atomic E-state index is 0.556.